The van der Waals surface area contributed by atoms with Gasteiger partial charge in [-0.25, -0.2) is 4.98 Å². The average molecular weight is 287 g/mol. The maximum absolute atomic E-state index is 5.57. The summed E-state index contributed by atoms with van der Waals surface area (Å²) >= 11 is 0. The summed E-state index contributed by atoms with van der Waals surface area (Å²) in [7, 11) is 0. The first-order chi connectivity index (χ1) is 10.9. The Labute approximate surface area is 127 Å². The molecule has 0 atom stereocenters. The molecule has 4 aromatic rings. The summed E-state index contributed by atoms with van der Waals surface area (Å²) in [6.45, 7) is 0. The summed E-state index contributed by atoms with van der Waals surface area (Å²) in [5.74, 6) is 0. The Morgan fingerprint density at radius 2 is 1.86 bits per heavy atom. The topological polar surface area (TPSA) is 51.0 Å². The van der Waals surface area contributed by atoms with E-state index in [-0.39, 0.29) is 0 Å². The number of nitrogens with zero attached hydrogens (tertiary/aromatic N) is 2. The normalized spacial score (nSPS) is 10.7. The van der Waals surface area contributed by atoms with E-state index in [1.807, 2.05) is 54.6 Å². The van der Waals surface area contributed by atoms with E-state index in [0.29, 0.717) is 0 Å². The van der Waals surface area contributed by atoms with E-state index in [1.54, 1.807) is 18.7 Å². The number of anilines is 2. The number of hydrogen-bond donors (Lipinski definition) is 1. The molecule has 0 fully saturated rings. The summed E-state index contributed by atoms with van der Waals surface area (Å²) in [5, 5.41) is 3.35. The summed E-state index contributed by atoms with van der Waals surface area (Å²) in [6.07, 6.45) is 5.17. The van der Waals surface area contributed by atoms with Gasteiger partial charge in [0, 0.05) is 17.8 Å². The third-order valence-corrected chi connectivity index (χ3v) is 3.42. The van der Waals surface area contributed by atoms with Gasteiger partial charge in [0.15, 0.2) is 5.58 Å². The van der Waals surface area contributed by atoms with Crippen LogP contribution in [0.5, 0.6) is 0 Å². The van der Waals surface area contributed by atoms with Crippen LogP contribution >= 0.6 is 0 Å². The van der Waals surface area contributed by atoms with Crippen molar-refractivity contribution < 1.29 is 4.42 Å². The zero-order valence-corrected chi connectivity index (χ0v) is 11.7. The maximum Gasteiger partial charge on any atom is 0.175 e. The molecular weight excluding hydrogens is 274 g/mol. The second-order valence-corrected chi connectivity index (χ2v) is 4.92. The molecule has 22 heavy (non-hydrogen) atoms. The molecule has 0 saturated carbocycles. The largest absolute Gasteiger partial charge is 0.460 e. The van der Waals surface area contributed by atoms with Gasteiger partial charge in [0.05, 0.1) is 29.5 Å². The highest BCUT2D eigenvalue weighted by Gasteiger charge is 2.10. The van der Waals surface area contributed by atoms with Crippen molar-refractivity contribution in [3.05, 3.63) is 73.3 Å². The molecule has 3 aromatic heterocycles. The zero-order chi connectivity index (χ0) is 14.8. The van der Waals surface area contributed by atoms with Crippen molar-refractivity contribution in [2.75, 3.05) is 5.32 Å². The van der Waals surface area contributed by atoms with Crippen molar-refractivity contribution >= 4 is 22.5 Å². The number of rotatable bonds is 3. The van der Waals surface area contributed by atoms with E-state index >= 15 is 0 Å². The number of furan rings is 1. The molecule has 0 spiro atoms. The predicted octanol–water partition coefficient (Wildman–Crippen LogP) is 4.63. The average Bonchev–Trinajstić information content (AvgIpc) is 3.05. The molecule has 4 rings (SSSR count). The molecule has 0 radical (unpaired) electrons. The lowest BCUT2D eigenvalue weighted by molar-refractivity contribution is 0.616. The first-order valence-electron chi connectivity index (χ1n) is 7.01. The molecular formula is C18H13N3O. The van der Waals surface area contributed by atoms with Gasteiger partial charge in [-0.2, -0.15) is 0 Å². The molecule has 0 saturated heterocycles. The van der Waals surface area contributed by atoms with Crippen LogP contribution in [0.2, 0.25) is 0 Å². The fraction of sp³-hybridized carbons (Fsp3) is 0. The van der Waals surface area contributed by atoms with Crippen LogP contribution in [-0.2, 0) is 0 Å². The summed E-state index contributed by atoms with van der Waals surface area (Å²) in [5.41, 5.74) is 5.32. The van der Waals surface area contributed by atoms with Gasteiger partial charge in [-0.3, -0.25) is 4.98 Å². The van der Waals surface area contributed by atoms with Crippen LogP contribution in [-0.4, -0.2) is 9.97 Å². The monoisotopic (exact) mass is 287 g/mol. The molecule has 0 aliphatic rings. The van der Waals surface area contributed by atoms with Crippen LogP contribution < -0.4 is 5.32 Å². The molecule has 1 aromatic carbocycles. The summed E-state index contributed by atoms with van der Waals surface area (Å²) in [6, 6.07) is 17.8. The molecule has 3 heterocycles. The van der Waals surface area contributed by atoms with Crippen molar-refractivity contribution in [1.82, 2.24) is 9.97 Å². The van der Waals surface area contributed by atoms with Gasteiger partial charge in [-0.1, -0.05) is 30.3 Å². The van der Waals surface area contributed by atoms with E-state index in [9.17, 15) is 0 Å². The van der Waals surface area contributed by atoms with Gasteiger partial charge in [-0.05, 0) is 18.2 Å². The molecule has 0 aliphatic heterocycles. The third kappa shape index (κ3) is 2.31. The van der Waals surface area contributed by atoms with Crippen molar-refractivity contribution in [1.29, 1.82) is 0 Å². The van der Waals surface area contributed by atoms with Gasteiger partial charge >= 0.3 is 0 Å². The van der Waals surface area contributed by atoms with E-state index in [4.69, 9.17) is 4.42 Å². The molecule has 0 amide bonds. The highest BCUT2D eigenvalue weighted by molar-refractivity contribution is 5.91. The molecule has 1 N–H and O–H groups in total. The Kier molecular flexibility index (Phi) is 3.05. The number of aromatic nitrogens is 2. The van der Waals surface area contributed by atoms with Crippen LogP contribution in [0.25, 0.3) is 22.4 Å². The highest BCUT2D eigenvalue weighted by atomic mass is 16.3. The summed E-state index contributed by atoms with van der Waals surface area (Å²) in [4.78, 5) is 8.78. The molecule has 0 aliphatic carbocycles. The lowest BCUT2D eigenvalue weighted by Crippen LogP contribution is -1.94. The number of pyridine rings is 2. The van der Waals surface area contributed by atoms with Gasteiger partial charge in [-0.15, -0.1) is 0 Å². The van der Waals surface area contributed by atoms with Crippen LogP contribution in [0.4, 0.5) is 11.4 Å². The Bertz CT molecular complexity index is 901. The molecule has 4 nitrogen and oxygen atoms in total. The second kappa shape index (κ2) is 5.33. The van der Waals surface area contributed by atoms with Gasteiger partial charge in [0.2, 0.25) is 0 Å². The first-order valence-corrected chi connectivity index (χ1v) is 7.01. The Hall–Kier alpha value is -3.14. The lowest BCUT2D eigenvalue weighted by Gasteiger charge is -2.09. The van der Waals surface area contributed by atoms with Gasteiger partial charge in [0.1, 0.15) is 5.52 Å². The number of benzene rings is 1. The van der Waals surface area contributed by atoms with Crippen LogP contribution in [0.1, 0.15) is 0 Å². The van der Waals surface area contributed by atoms with Crippen LogP contribution in [0, 0.1) is 0 Å². The van der Waals surface area contributed by atoms with E-state index in [0.717, 1.165) is 33.7 Å². The first kappa shape index (κ1) is 12.6. The van der Waals surface area contributed by atoms with Crippen LogP contribution in [0.15, 0.2) is 77.7 Å². The fourth-order valence-electron chi connectivity index (χ4n) is 2.40. The van der Waals surface area contributed by atoms with E-state index in [2.05, 4.69) is 15.3 Å². The quantitative estimate of drug-likeness (QED) is 0.596. The number of hydrogen-bond acceptors (Lipinski definition) is 4. The lowest BCUT2D eigenvalue weighted by atomic mass is 10.1. The summed E-state index contributed by atoms with van der Waals surface area (Å²) < 4.78 is 5.57. The highest BCUT2D eigenvalue weighted by Crippen LogP contribution is 2.30. The molecule has 0 bridgehead atoms. The fourth-order valence-corrected chi connectivity index (χ4v) is 2.40. The maximum atomic E-state index is 5.57. The predicted molar refractivity (Wildman–Crippen MR) is 87.0 cm³/mol. The van der Waals surface area contributed by atoms with Gasteiger partial charge < -0.3 is 9.73 Å². The standard InChI is InChI=1S/C18H13N3O/c1-2-5-13(6-3-1)16-11-17(18-15(21-16)8-10-22-18)20-14-7-4-9-19-12-14/h1-12H,(H,20,21). The number of fused-ring (bicyclic) bond motifs is 1. The van der Waals surface area contributed by atoms with Crippen LogP contribution in [0.3, 0.4) is 0 Å². The van der Waals surface area contributed by atoms with Crippen molar-refractivity contribution in [3.63, 3.8) is 0 Å². The van der Waals surface area contributed by atoms with Crippen molar-refractivity contribution in [2.24, 2.45) is 0 Å². The Morgan fingerprint density at radius 1 is 0.955 bits per heavy atom. The number of nitrogens with one attached hydrogen (secondary N) is 1. The smallest absolute Gasteiger partial charge is 0.175 e. The van der Waals surface area contributed by atoms with Gasteiger partial charge in [0.25, 0.3) is 0 Å². The van der Waals surface area contributed by atoms with Crippen molar-refractivity contribution in [2.45, 2.75) is 0 Å². The SMILES string of the molecule is c1ccc(-c2cc(Nc3cccnc3)c3occc3n2)cc1. The van der Waals surface area contributed by atoms with E-state index in [1.165, 1.54) is 0 Å². The molecule has 106 valence electrons. The minimum atomic E-state index is 0.739. The molecule has 0 unspecified atom stereocenters. The Balaban J connectivity index is 1.84. The Morgan fingerprint density at radius 3 is 2.68 bits per heavy atom. The van der Waals surface area contributed by atoms with E-state index < -0.39 is 0 Å². The molecule has 4 heteroatoms. The minimum Gasteiger partial charge on any atom is -0.460 e. The third-order valence-electron chi connectivity index (χ3n) is 3.42. The zero-order valence-electron chi connectivity index (χ0n) is 11.7. The van der Waals surface area contributed by atoms with Crippen molar-refractivity contribution in [3.8, 4) is 11.3 Å². The minimum absolute atomic E-state index is 0.739. The second-order valence-electron chi connectivity index (χ2n) is 4.92.